The van der Waals surface area contributed by atoms with Crippen LogP contribution in [0.4, 0.5) is 0 Å². The fourth-order valence-corrected chi connectivity index (χ4v) is 3.64. The number of aromatic nitrogens is 2. The molecule has 4 aromatic rings. The molecule has 0 aliphatic carbocycles. The number of carbonyl (C=O) groups excluding carboxylic acids is 3. The van der Waals surface area contributed by atoms with Gasteiger partial charge in [-0.1, -0.05) is 41.9 Å². The van der Waals surface area contributed by atoms with Crippen molar-refractivity contribution in [1.29, 1.82) is 0 Å². The number of halogens is 1. The highest BCUT2D eigenvalue weighted by Gasteiger charge is 2.31. The zero-order valence-corrected chi connectivity index (χ0v) is 19.5. The fourth-order valence-electron chi connectivity index (χ4n) is 3.43. The molecule has 4 rings (SSSR count). The van der Waals surface area contributed by atoms with Crippen molar-refractivity contribution < 1.29 is 28.6 Å². The summed E-state index contributed by atoms with van der Waals surface area (Å²) in [4.78, 5) is 37.9. The molecule has 0 amide bonds. The van der Waals surface area contributed by atoms with Gasteiger partial charge in [-0.3, -0.25) is 0 Å². The first kappa shape index (κ1) is 23.7. The van der Waals surface area contributed by atoms with Crippen LogP contribution in [0.3, 0.4) is 0 Å². The van der Waals surface area contributed by atoms with Gasteiger partial charge in [0, 0.05) is 5.56 Å². The number of methoxy groups -OCH3 is 2. The van der Waals surface area contributed by atoms with Crippen LogP contribution in [0.25, 0.3) is 16.9 Å². The lowest BCUT2D eigenvalue weighted by Crippen LogP contribution is -2.15. The quantitative estimate of drug-likeness (QED) is 0.277. The maximum Gasteiger partial charge on any atom is 0.357 e. The zero-order valence-electron chi connectivity index (χ0n) is 18.7. The van der Waals surface area contributed by atoms with Crippen LogP contribution < -0.4 is 4.74 Å². The monoisotopic (exact) mass is 490 g/mol. The van der Waals surface area contributed by atoms with Gasteiger partial charge in [-0.25, -0.2) is 19.1 Å². The van der Waals surface area contributed by atoms with Gasteiger partial charge < -0.3 is 14.2 Å². The van der Waals surface area contributed by atoms with E-state index in [-0.39, 0.29) is 33.3 Å². The number of para-hydroxylation sites is 1. The van der Waals surface area contributed by atoms with Gasteiger partial charge in [-0.2, -0.15) is 5.10 Å². The number of ether oxygens (including phenoxy) is 3. The number of hydrogen-bond acceptors (Lipinski definition) is 7. The van der Waals surface area contributed by atoms with Crippen molar-refractivity contribution in [3.8, 4) is 22.7 Å². The smallest absolute Gasteiger partial charge is 0.357 e. The van der Waals surface area contributed by atoms with Gasteiger partial charge in [0.1, 0.15) is 17.0 Å². The van der Waals surface area contributed by atoms with Crippen LogP contribution in [-0.2, 0) is 9.47 Å². The van der Waals surface area contributed by atoms with E-state index < -0.39 is 17.9 Å². The normalized spacial score (nSPS) is 10.5. The van der Waals surface area contributed by atoms with Crippen molar-refractivity contribution in [2.24, 2.45) is 0 Å². The molecule has 0 atom stereocenters. The summed E-state index contributed by atoms with van der Waals surface area (Å²) in [7, 11) is 2.43. The molecule has 1 aromatic heterocycles. The Bertz CT molecular complexity index is 1400. The molecule has 3 aromatic carbocycles. The van der Waals surface area contributed by atoms with E-state index in [4.69, 9.17) is 25.8 Å². The lowest BCUT2D eigenvalue weighted by atomic mass is 10.1. The third-order valence-corrected chi connectivity index (χ3v) is 5.42. The molecule has 9 heteroatoms. The Balaban J connectivity index is 1.76. The first-order valence-corrected chi connectivity index (χ1v) is 10.7. The van der Waals surface area contributed by atoms with Crippen molar-refractivity contribution >= 4 is 29.5 Å². The lowest BCUT2D eigenvalue weighted by Gasteiger charge is -2.07. The topological polar surface area (TPSA) is 96.7 Å². The summed E-state index contributed by atoms with van der Waals surface area (Å²) in [6, 6.07) is 21.7. The molecule has 35 heavy (non-hydrogen) atoms. The highest BCUT2D eigenvalue weighted by molar-refractivity contribution is 6.33. The van der Waals surface area contributed by atoms with Gasteiger partial charge in [0.05, 0.1) is 30.5 Å². The SMILES string of the molecule is COC(=O)c1c(-c2ccc(OC(=O)c3ccccc3Cl)cc2)nn(-c2ccccc2)c1C(=O)OC. The van der Waals surface area contributed by atoms with Crippen molar-refractivity contribution in [1.82, 2.24) is 9.78 Å². The predicted octanol–water partition coefficient (Wildman–Crippen LogP) is 4.99. The molecule has 0 saturated carbocycles. The summed E-state index contributed by atoms with van der Waals surface area (Å²) in [5.41, 5.74) is 1.34. The van der Waals surface area contributed by atoms with E-state index in [2.05, 4.69) is 5.10 Å². The molecule has 0 unspecified atom stereocenters. The fraction of sp³-hybridized carbons (Fsp3) is 0.0769. The standard InChI is InChI=1S/C26H19ClN2O6/c1-33-25(31)21-22(28-29(23(21)26(32)34-2)17-8-4-3-5-9-17)16-12-14-18(15-13-16)35-24(30)19-10-6-7-11-20(19)27/h3-15H,1-2H3. The third kappa shape index (κ3) is 4.78. The molecular weight excluding hydrogens is 472 g/mol. The van der Waals surface area contributed by atoms with Crippen molar-refractivity contribution in [3.05, 3.63) is 101 Å². The summed E-state index contributed by atoms with van der Waals surface area (Å²) in [5.74, 6) is -1.86. The maximum atomic E-state index is 12.7. The highest BCUT2D eigenvalue weighted by Crippen LogP contribution is 2.30. The molecule has 0 N–H and O–H groups in total. The Morgan fingerprint density at radius 1 is 0.771 bits per heavy atom. The van der Waals surface area contributed by atoms with E-state index in [1.165, 1.54) is 18.9 Å². The highest BCUT2D eigenvalue weighted by atomic mass is 35.5. The number of carbonyl (C=O) groups is 3. The van der Waals surface area contributed by atoms with Gasteiger partial charge in [0.25, 0.3) is 0 Å². The number of rotatable bonds is 6. The molecule has 0 aliphatic heterocycles. The van der Waals surface area contributed by atoms with Crippen LogP contribution in [0.1, 0.15) is 31.2 Å². The van der Waals surface area contributed by atoms with Crippen molar-refractivity contribution in [3.63, 3.8) is 0 Å². The first-order valence-electron chi connectivity index (χ1n) is 10.4. The average molecular weight is 491 g/mol. The summed E-state index contributed by atoms with van der Waals surface area (Å²) in [6.07, 6.45) is 0. The van der Waals surface area contributed by atoms with Crippen molar-refractivity contribution in [2.75, 3.05) is 14.2 Å². The molecule has 1 heterocycles. The Hall–Kier alpha value is -4.43. The second-order valence-corrected chi connectivity index (χ2v) is 7.60. The van der Waals surface area contributed by atoms with Gasteiger partial charge in [-0.15, -0.1) is 0 Å². The van der Waals surface area contributed by atoms with Crippen LogP contribution in [0.2, 0.25) is 5.02 Å². The Labute approximate surface area is 205 Å². The minimum atomic E-state index is -0.753. The molecule has 176 valence electrons. The van der Waals surface area contributed by atoms with Crippen molar-refractivity contribution in [2.45, 2.75) is 0 Å². The average Bonchev–Trinajstić information content (AvgIpc) is 3.29. The molecule has 8 nitrogen and oxygen atoms in total. The largest absolute Gasteiger partial charge is 0.465 e. The number of hydrogen-bond donors (Lipinski definition) is 0. The minimum Gasteiger partial charge on any atom is -0.465 e. The molecule has 0 spiro atoms. The first-order chi connectivity index (χ1) is 16.9. The zero-order chi connectivity index (χ0) is 24.9. The minimum absolute atomic E-state index is 0.0518. The van der Waals surface area contributed by atoms with Gasteiger partial charge >= 0.3 is 17.9 Å². The number of esters is 3. The second kappa shape index (κ2) is 10.2. The summed E-state index contributed by atoms with van der Waals surface area (Å²) >= 11 is 6.06. The third-order valence-electron chi connectivity index (χ3n) is 5.09. The van der Waals surface area contributed by atoms with E-state index in [0.29, 0.717) is 11.3 Å². The van der Waals surface area contributed by atoms with E-state index in [9.17, 15) is 14.4 Å². The molecular formula is C26H19ClN2O6. The van der Waals surface area contributed by atoms with Crippen LogP contribution in [0.5, 0.6) is 5.75 Å². The number of benzene rings is 3. The van der Waals surface area contributed by atoms with E-state index in [0.717, 1.165) is 0 Å². The van der Waals surface area contributed by atoms with E-state index in [1.807, 2.05) is 6.07 Å². The Morgan fingerprint density at radius 2 is 1.40 bits per heavy atom. The van der Waals surface area contributed by atoms with Crippen LogP contribution in [0.15, 0.2) is 78.9 Å². The van der Waals surface area contributed by atoms with Gasteiger partial charge in [0.2, 0.25) is 0 Å². The lowest BCUT2D eigenvalue weighted by molar-refractivity contribution is 0.0549. The number of nitrogens with zero attached hydrogens (tertiary/aromatic N) is 2. The van der Waals surface area contributed by atoms with E-state index in [1.54, 1.807) is 72.8 Å². The second-order valence-electron chi connectivity index (χ2n) is 7.20. The maximum absolute atomic E-state index is 12.7. The van der Waals surface area contributed by atoms with Crippen LogP contribution >= 0.6 is 11.6 Å². The summed E-state index contributed by atoms with van der Waals surface area (Å²) in [5, 5.41) is 4.80. The van der Waals surface area contributed by atoms with Gasteiger partial charge in [0.15, 0.2) is 5.69 Å². The van der Waals surface area contributed by atoms with Crippen LogP contribution in [0, 0.1) is 0 Å². The predicted molar refractivity (Wildman–Crippen MR) is 128 cm³/mol. The molecule has 0 aliphatic rings. The summed E-state index contributed by atoms with van der Waals surface area (Å²) in [6.45, 7) is 0. The van der Waals surface area contributed by atoms with E-state index >= 15 is 0 Å². The van der Waals surface area contributed by atoms with Crippen LogP contribution in [-0.4, -0.2) is 41.9 Å². The molecule has 0 radical (unpaired) electrons. The van der Waals surface area contributed by atoms with Gasteiger partial charge in [-0.05, 0) is 48.5 Å². The molecule has 0 bridgehead atoms. The Kier molecular flexibility index (Phi) is 6.93. The summed E-state index contributed by atoms with van der Waals surface area (Å²) < 4.78 is 16.6. The molecule has 0 fully saturated rings. The Morgan fingerprint density at radius 3 is 2.03 bits per heavy atom. The molecule has 0 saturated heterocycles.